The second-order valence-corrected chi connectivity index (χ2v) is 7.51. The SMILES string of the molecule is c1cnc(-c2cc3ccc(-c4nccc(Nc5ccc(-c6cn[nH]c6)cc5)n4)cc3[nH]2)nc1. The van der Waals surface area contributed by atoms with Gasteiger partial charge < -0.3 is 10.3 Å². The monoisotopic (exact) mass is 430 g/mol. The van der Waals surface area contributed by atoms with E-state index in [0.717, 1.165) is 44.8 Å². The first kappa shape index (κ1) is 18.9. The molecule has 0 unspecified atom stereocenters. The van der Waals surface area contributed by atoms with Gasteiger partial charge in [0.1, 0.15) is 5.82 Å². The molecule has 4 heterocycles. The van der Waals surface area contributed by atoms with Crippen molar-refractivity contribution in [2.75, 3.05) is 5.32 Å². The molecule has 0 aliphatic heterocycles. The first-order chi connectivity index (χ1) is 16.3. The zero-order valence-corrected chi connectivity index (χ0v) is 17.4. The molecule has 0 bridgehead atoms. The number of aromatic amines is 2. The molecule has 33 heavy (non-hydrogen) atoms. The minimum absolute atomic E-state index is 0.643. The van der Waals surface area contributed by atoms with Crippen LogP contribution in [0, 0.1) is 0 Å². The lowest BCUT2D eigenvalue weighted by molar-refractivity contribution is 1.09. The van der Waals surface area contributed by atoms with Crippen molar-refractivity contribution in [1.82, 2.24) is 35.1 Å². The highest BCUT2D eigenvalue weighted by Crippen LogP contribution is 2.27. The lowest BCUT2D eigenvalue weighted by Crippen LogP contribution is -1.96. The van der Waals surface area contributed by atoms with E-state index < -0.39 is 0 Å². The summed E-state index contributed by atoms with van der Waals surface area (Å²) in [7, 11) is 0. The highest BCUT2D eigenvalue weighted by molar-refractivity contribution is 5.88. The molecular formula is C25H18N8. The number of aromatic nitrogens is 7. The third kappa shape index (κ3) is 3.81. The number of rotatable bonds is 5. The Hall–Kier alpha value is -4.85. The highest BCUT2D eigenvalue weighted by atomic mass is 15.1. The fraction of sp³-hybridized carbons (Fsp3) is 0. The Balaban J connectivity index is 1.26. The number of benzene rings is 2. The minimum Gasteiger partial charge on any atom is -0.352 e. The molecule has 0 aliphatic carbocycles. The van der Waals surface area contributed by atoms with E-state index in [4.69, 9.17) is 4.98 Å². The van der Waals surface area contributed by atoms with Gasteiger partial charge in [-0.2, -0.15) is 5.10 Å². The summed E-state index contributed by atoms with van der Waals surface area (Å²) >= 11 is 0. The van der Waals surface area contributed by atoms with Gasteiger partial charge in [0, 0.05) is 52.5 Å². The molecule has 0 saturated carbocycles. The Labute approximate surface area is 188 Å². The van der Waals surface area contributed by atoms with Crippen LogP contribution in [0.15, 0.2) is 91.6 Å². The predicted molar refractivity (Wildman–Crippen MR) is 128 cm³/mol. The van der Waals surface area contributed by atoms with Crippen molar-refractivity contribution in [3.8, 4) is 34.0 Å². The first-order valence-electron chi connectivity index (χ1n) is 10.4. The van der Waals surface area contributed by atoms with Gasteiger partial charge in [-0.25, -0.2) is 19.9 Å². The predicted octanol–water partition coefficient (Wildman–Crippen LogP) is 5.22. The largest absolute Gasteiger partial charge is 0.352 e. The normalized spacial score (nSPS) is 11.0. The van der Waals surface area contributed by atoms with Gasteiger partial charge in [-0.05, 0) is 42.0 Å². The Bertz CT molecular complexity index is 1520. The molecule has 6 rings (SSSR count). The molecule has 158 valence electrons. The van der Waals surface area contributed by atoms with Gasteiger partial charge in [-0.15, -0.1) is 0 Å². The second-order valence-electron chi connectivity index (χ2n) is 7.51. The lowest BCUT2D eigenvalue weighted by Gasteiger charge is -2.08. The summed E-state index contributed by atoms with van der Waals surface area (Å²) in [4.78, 5) is 21.2. The van der Waals surface area contributed by atoms with Crippen LogP contribution in [0.25, 0.3) is 44.9 Å². The maximum Gasteiger partial charge on any atom is 0.175 e. The van der Waals surface area contributed by atoms with Crippen molar-refractivity contribution in [3.63, 3.8) is 0 Å². The maximum absolute atomic E-state index is 4.71. The van der Waals surface area contributed by atoms with Gasteiger partial charge in [0.05, 0.1) is 11.9 Å². The maximum atomic E-state index is 4.71. The van der Waals surface area contributed by atoms with E-state index in [9.17, 15) is 0 Å². The molecule has 0 spiro atoms. The molecule has 0 atom stereocenters. The van der Waals surface area contributed by atoms with Crippen LogP contribution in [0.2, 0.25) is 0 Å². The second kappa shape index (κ2) is 8.01. The van der Waals surface area contributed by atoms with Crippen LogP contribution in [0.5, 0.6) is 0 Å². The van der Waals surface area contributed by atoms with Gasteiger partial charge >= 0.3 is 0 Å². The van der Waals surface area contributed by atoms with E-state index in [1.165, 1.54) is 0 Å². The lowest BCUT2D eigenvalue weighted by atomic mass is 10.1. The van der Waals surface area contributed by atoms with E-state index in [0.29, 0.717) is 11.6 Å². The Kier molecular flexibility index (Phi) is 4.58. The molecule has 0 radical (unpaired) electrons. The van der Waals surface area contributed by atoms with E-state index in [1.807, 2.05) is 60.8 Å². The summed E-state index contributed by atoms with van der Waals surface area (Å²) in [5.41, 5.74) is 5.86. The van der Waals surface area contributed by atoms with Gasteiger partial charge in [0.15, 0.2) is 11.6 Å². The van der Waals surface area contributed by atoms with Crippen LogP contribution in [0.4, 0.5) is 11.5 Å². The van der Waals surface area contributed by atoms with Gasteiger partial charge in [0.2, 0.25) is 0 Å². The van der Waals surface area contributed by atoms with E-state index in [-0.39, 0.29) is 0 Å². The van der Waals surface area contributed by atoms with Crippen LogP contribution < -0.4 is 5.32 Å². The first-order valence-corrected chi connectivity index (χ1v) is 10.4. The standard InChI is InChI=1S/C25H18N8/c1-9-26-25(27-10-1)22-12-17-2-3-18(13-21(17)32-22)24-28-11-8-23(33-24)31-20-6-4-16(5-7-20)19-14-29-30-15-19/h1-15,32H,(H,29,30)(H,28,31,33). The highest BCUT2D eigenvalue weighted by Gasteiger charge is 2.09. The number of fused-ring (bicyclic) bond motifs is 1. The van der Waals surface area contributed by atoms with E-state index in [2.05, 4.69) is 35.5 Å². The number of hydrogen-bond acceptors (Lipinski definition) is 6. The molecule has 8 nitrogen and oxygen atoms in total. The molecule has 4 aromatic heterocycles. The van der Waals surface area contributed by atoms with E-state index in [1.54, 1.807) is 30.9 Å². The summed E-state index contributed by atoms with van der Waals surface area (Å²) in [6.07, 6.45) is 8.89. The number of H-pyrrole nitrogens is 2. The zero-order chi connectivity index (χ0) is 22.0. The topological polar surface area (TPSA) is 108 Å². The minimum atomic E-state index is 0.643. The van der Waals surface area contributed by atoms with Crippen LogP contribution in [0.1, 0.15) is 0 Å². The molecular weight excluding hydrogens is 412 g/mol. The molecule has 0 saturated heterocycles. The summed E-state index contributed by atoms with van der Waals surface area (Å²) in [5.74, 6) is 2.03. The molecule has 3 N–H and O–H groups in total. The average Bonchev–Trinajstić information content (AvgIpc) is 3.55. The fourth-order valence-corrected chi connectivity index (χ4v) is 3.69. The molecule has 0 amide bonds. The van der Waals surface area contributed by atoms with Crippen LogP contribution in [-0.2, 0) is 0 Å². The average molecular weight is 430 g/mol. The Morgan fingerprint density at radius 2 is 1.55 bits per heavy atom. The molecule has 8 heteroatoms. The number of nitrogens with zero attached hydrogens (tertiary/aromatic N) is 5. The smallest absolute Gasteiger partial charge is 0.175 e. The summed E-state index contributed by atoms with van der Waals surface area (Å²) in [6.45, 7) is 0. The quantitative estimate of drug-likeness (QED) is 0.346. The summed E-state index contributed by atoms with van der Waals surface area (Å²) < 4.78 is 0. The summed E-state index contributed by atoms with van der Waals surface area (Å²) in [5, 5.41) is 11.3. The van der Waals surface area contributed by atoms with Crippen molar-refractivity contribution in [2.45, 2.75) is 0 Å². The van der Waals surface area contributed by atoms with Gasteiger partial charge in [-0.1, -0.05) is 24.3 Å². The van der Waals surface area contributed by atoms with Gasteiger partial charge in [-0.3, -0.25) is 5.10 Å². The van der Waals surface area contributed by atoms with Crippen LogP contribution in [-0.4, -0.2) is 35.1 Å². The Morgan fingerprint density at radius 3 is 2.36 bits per heavy atom. The van der Waals surface area contributed by atoms with E-state index >= 15 is 0 Å². The van der Waals surface area contributed by atoms with Crippen LogP contribution in [0.3, 0.4) is 0 Å². The Morgan fingerprint density at radius 1 is 0.727 bits per heavy atom. The number of nitrogens with one attached hydrogen (secondary N) is 3. The van der Waals surface area contributed by atoms with Crippen molar-refractivity contribution >= 4 is 22.4 Å². The van der Waals surface area contributed by atoms with Crippen molar-refractivity contribution < 1.29 is 0 Å². The van der Waals surface area contributed by atoms with Gasteiger partial charge in [0.25, 0.3) is 0 Å². The fourth-order valence-electron chi connectivity index (χ4n) is 3.69. The van der Waals surface area contributed by atoms with Crippen molar-refractivity contribution in [1.29, 1.82) is 0 Å². The van der Waals surface area contributed by atoms with Crippen LogP contribution >= 0.6 is 0 Å². The zero-order valence-electron chi connectivity index (χ0n) is 17.4. The molecule has 0 aliphatic rings. The van der Waals surface area contributed by atoms with Crippen molar-refractivity contribution in [3.05, 3.63) is 91.6 Å². The molecule has 6 aromatic rings. The molecule has 0 fully saturated rings. The number of anilines is 2. The number of hydrogen-bond donors (Lipinski definition) is 3. The van der Waals surface area contributed by atoms with Crippen molar-refractivity contribution in [2.24, 2.45) is 0 Å². The third-order valence-electron chi connectivity index (χ3n) is 5.33. The third-order valence-corrected chi connectivity index (χ3v) is 5.33. The summed E-state index contributed by atoms with van der Waals surface area (Å²) in [6, 6.07) is 19.9. The molecule has 2 aromatic carbocycles.